The van der Waals surface area contributed by atoms with E-state index in [0.29, 0.717) is 17.2 Å². The van der Waals surface area contributed by atoms with Crippen LogP contribution in [0.25, 0.3) is 0 Å². The zero-order valence-electron chi connectivity index (χ0n) is 17.0. The third-order valence-electron chi connectivity index (χ3n) is 5.40. The van der Waals surface area contributed by atoms with Crippen LogP contribution in [-0.4, -0.2) is 31.6 Å². The molecule has 0 bridgehead atoms. The molecule has 5 nitrogen and oxygen atoms in total. The van der Waals surface area contributed by atoms with Crippen LogP contribution >= 0.6 is 11.6 Å². The van der Waals surface area contributed by atoms with E-state index in [0.717, 1.165) is 43.7 Å². The summed E-state index contributed by atoms with van der Waals surface area (Å²) in [5.74, 6) is -0.153. The number of halogens is 1. The standard InChI is InChI=1S/C23H27ClN2O3/c1-3-29-23(28)19-10-12-26(13-11-19)15-17-4-6-18(7-5-17)22(27)25-20-8-9-21(24)16(2)14-20/h4-9,14,19H,3,10-13,15H2,1-2H3,(H,25,27)/p+1. The van der Waals surface area contributed by atoms with Crippen LogP contribution in [0.5, 0.6) is 0 Å². The molecule has 29 heavy (non-hydrogen) atoms. The molecule has 6 heteroatoms. The highest BCUT2D eigenvalue weighted by molar-refractivity contribution is 6.31. The Morgan fingerprint density at radius 3 is 2.45 bits per heavy atom. The molecule has 0 aliphatic carbocycles. The van der Waals surface area contributed by atoms with E-state index in [1.54, 1.807) is 12.1 Å². The van der Waals surface area contributed by atoms with Crippen molar-refractivity contribution in [1.82, 2.24) is 0 Å². The Hall–Kier alpha value is -2.37. The van der Waals surface area contributed by atoms with E-state index in [2.05, 4.69) is 5.32 Å². The predicted molar refractivity (Wildman–Crippen MR) is 114 cm³/mol. The van der Waals surface area contributed by atoms with Crippen LogP contribution in [-0.2, 0) is 16.1 Å². The summed E-state index contributed by atoms with van der Waals surface area (Å²) in [6.45, 7) is 7.02. The Morgan fingerprint density at radius 1 is 1.14 bits per heavy atom. The second kappa shape index (κ2) is 9.90. The van der Waals surface area contributed by atoms with Crippen molar-refractivity contribution in [3.63, 3.8) is 0 Å². The van der Waals surface area contributed by atoms with Gasteiger partial charge in [-0.2, -0.15) is 0 Å². The van der Waals surface area contributed by atoms with Crippen molar-refractivity contribution in [3.8, 4) is 0 Å². The molecular formula is C23H28ClN2O3+. The number of rotatable bonds is 6. The number of esters is 1. The van der Waals surface area contributed by atoms with Crippen LogP contribution in [0.1, 0.15) is 41.3 Å². The van der Waals surface area contributed by atoms with Crippen LogP contribution in [0.4, 0.5) is 5.69 Å². The van der Waals surface area contributed by atoms with E-state index in [1.807, 2.05) is 44.2 Å². The molecule has 1 amide bonds. The molecule has 0 radical (unpaired) electrons. The van der Waals surface area contributed by atoms with Gasteiger partial charge in [-0.3, -0.25) is 9.59 Å². The molecular weight excluding hydrogens is 388 g/mol. The lowest BCUT2D eigenvalue weighted by Gasteiger charge is -2.28. The molecule has 0 atom stereocenters. The highest BCUT2D eigenvalue weighted by Gasteiger charge is 2.28. The van der Waals surface area contributed by atoms with Crippen LogP contribution < -0.4 is 10.2 Å². The third-order valence-corrected chi connectivity index (χ3v) is 5.82. The van der Waals surface area contributed by atoms with Gasteiger partial charge in [0.2, 0.25) is 0 Å². The number of piperidine rings is 1. The van der Waals surface area contributed by atoms with E-state index in [9.17, 15) is 9.59 Å². The van der Waals surface area contributed by atoms with E-state index in [-0.39, 0.29) is 17.8 Å². The number of nitrogens with one attached hydrogen (secondary N) is 2. The molecule has 0 spiro atoms. The average Bonchev–Trinajstić information content (AvgIpc) is 2.72. The summed E-state index contributed by atoms with van der Waals surface area (Å²) >= 11 is 6.03. The third kappa shape index (κ3) is 5.81. The number of hydrogen-bond acceptors (Lipinski definition) is 3. The average molecular weight is 416 g/mol. The molecule has 1 heterocycles. The van der Waals surface area contributed by atoms with Gasteiger partial charge in [-0.1, -0.05) is 23.7 Å². The number of benzene rings is 2. The molecule has 1 aliphatic heterocycles. The van der Waals surface area contributed by atoms with Gasteiger partial charge in [0.05, 0.1) is 25.6 Å². The summed E-state index contributed by atoms with van der Waals surface area (Å²) in [4.78, 5) is 25.8. The van der Waals surface area contributed by atoms with Gasteiger partial charge in [-0.05, 0) is 49.7 Å². The van der Waals surface area contributed by atoms with E-state index in [1.165, 1.54) is 10.5 Å². The van der Waals surface area contributed by atoms with Gasteiger partial charge in [0.25, 0.3) is 5.91 Å². The van der Waals surface area contributed by atoms with Gasteiger partial charge in [0.1, 0.15) is 6.54 Å². The summed E-state index contributed by atoms with van der Waals surface area (Å²) < 4.78 is 5.13. The lowest BCUT2D eigenvalue weighted by atomic mass is 9.96. The van der Waals surface area contributed by atoms with Crippen molar-refractivity contribution < 1.29 is 19.2 Å². The summed E-state index contributed by atoms with van der Waals surface area (Å²) in [6.07, 6.45) is 1.74. The number of amides is 1. The molecule has 1 fully saturated rings. The molecule has 0 unspecified atom stereocenters. The van der Waals surface area contributed by atoms with Crippen molar-refractivity contribution in [3.05, 3.63) is 64.2 Å². The van der Waals surface area contributed by atoms with Crippen molar-refractivity contribution in [2.24, 2.45) is 5.92 Å². The molecule has 154 valence electrons. The zero-order chi connectivity index (χ0) is 20.8. The fraction of sp³-hybridized carbons (Fsp3) is 0.391. The van der Waals surface area contributed by atoms with Crippen molar-refractivity contribution in [1.29, 1.82) is 0 Å². The summed E-state index contributed by atoms with van der Waals surface area (Å²) in [5.41, 5.74) is 3.47. The highest BCUT2D eigenvalue weighted by Crippen LogP contribution is 2.20. The monoisotopic (exact) mass is 415 g/mol. The number of hydrogen-bond donors (Lipinski definition) is 2. The number of carbonyl (C=O) groups is 2. The largest absolute Gasteiger partial charge is 0.466 e. The minimum absolute atomic E-state index is 0.0428. The van der Waals surface area contributed by atoms with Crippen LogP contribution in [0.2, 0.25) is 5.02 Å². The Balaban J connectivity index is 1.52. The van der Waals surface area contributed by atoms with Crippen LogP contribution in [0.3, 0.4) is 0 Å². The number of quaternary nitrogens is 1. The number of carbonyl (C=O) groups excluding carboxylic acids is 2. The molecule has 2 aromatic rings. The zero-order valence-corrected chi connectivity index (χ0v) is 17.7. The summed E-state index contributed by atoms with van der Waals surface area (Å²) in [5, 5.41) is 3.59. The second-order valence-corrected chi connectivity index (χ2v) is 7.98. The van der Waals surface area contributed by atoms with Gasteiger partial charge >= 0.3 is 5.97 Å². The van der Waals surface area contributed by atoms with Crippen molar-refractivity contribution in [2.45, 2.75) is 33.2 Å². The normalized spacial score (nSPS) is 18.9. The quantitative estimate of drug-likeness (QED) is 0.712. The first-order chi connectivity index (χ1) is 14.0. The van der Waals surface area contributed by atoms with Gasteiger partial charge in [0.15, 0.2) is 0 Å². The molecule has 0 saturated carbocycles. The number of likely N-dealkylation sites (tertiary alicyclic amines) is 1. The number of ether oxygens (including phenoxy) is 1. The van der Waals surface area contributed by atoms with Crippen LogP contribution in [0, 0.1) is 12.8 Å². The Morgan fingerprint density at radius 2 is 1.83 bits per heavy atom. The second-order valence-electron chi connectivity index (χ2n) is 7.57. The number of aryl methyl sites for hydroxylation is 1. The molecule has 2 aromatic carbocycles. The summed E-state index contributed by atoms with van der Waals surface area (Å²) in [6, 6.07) is 13.2. The van der Waals surface area contributed by atoms with E-state index < -0.39 is 0 Å². The smallest absolute Gasteiger partial charge is 0.309 e. The maximum atomic E-state index is 12.5. The SMILES string of the molecule is CCOC(=O)C1CC[NH+](Cc2ccc(C(=O)Nc3ccc(Cl)c(C)c3)cc2)CC1. The van der Waals surface area contributed by atoms with Gasteiger partial charge in [0, 0.05) is 34.7 Å². The fourth-order valence-electron chi connectivity index (χ4n) is 3.69. The minimum Gasteiger partial charge on any atom is -0.466 e. The minimum atomic E-state index is -0.138. The molecule has 1 aliphatic rings. The molecule has 3 rings (SSSR count). The topological polar surface area (TPSA) is 59.8 Å². The lowest BCUT2D eigenvalue weighted by molar-refractivity contribution is -0.919. The van der Waals surface area contributed by atoms with Crippen molar-refractivity contribution in [2.75, 3.05) is 25.0 Å². The first-order valence-corrected chi connectivity index (χ1v) is 10.5. The van der Waals surface area contributed by atoms with Gasteiger partial charge in [-0.15, -0.1) is 0 Å². The first kappa shape index (κ1) is 21.3. The van der Waals surface area contributed by atoms with Gasteiger partial charge in [-0.25, -0.2) is 0 Å². The Kier molecular flexibility index (Phi) is 7.29. The van der Waals surface area contributed by atoms with Gasteiger partial charge < -0.3 is 15.0 Å². The maximum Gasteiger partial charge on any atom is 0.309 e. The Bertz CT molecular complexity index is 859. The van der Waals surface area contributed by atoms with E-state index in [4.69, 9.17) is 16.3 Å². The summed E-state index contributed by atoms with van der Waals surface area (Å²) in [7, 11) is 0. The maximum absolute atomic E-state index is 12.5. The molecule has 2 N–H and O–H groups in total. The predicted octanol–water partition coefficient (Wildman–Crippen LogP) is 3.26. The first-order valence-electron chi connectivity index (χ1n) is 10.1. The fourth-order valence-corrected chi connectivity index (χ4v) is 3.80. The van der Waals surface area contributed by atoms with E-state index >= 15 is 0 Å². The molecule has 1 saturated heterocycles. The number of anilines is 1. The van der Waals surface area contributed by atoms with Crippen LogP contribution in [0.15, 0.2) is 42.5 Å². The highest BCUT2D eigenvalue weighted by atomic mass is 35.5. The Labute approximate surface area is 177 Å². The van der Waals surface area contributed by atoms with Crippen molar-refractivity contribution >= 4 is 29.2 Å². The molecule has 0 aromatic heterocycles. The lowest BCUT2D eigenvalue weighted by Crippen LogP contribution is -3.11.